The average molecular weight is 425 g/mol. The van der Waals surface area contributed by atoms with Gasteiger partial charge in [-0.05, 0) is 41.1 Å². The Balaban J connectivity index is 2.41. The molecule has 0 saturated heterocycles. The van der Waals surface area contributed by atoms with Crippen LogP contribution in [-0.2, 0) is 0 Å². The Kier molecular flexibility index (Phi) is 6.04. The first-order valence-corrected chi connectivity index (χ1v) is 8.18. The second kappa shape index (κ2) is 8.05. The molecule has 0 saturated carbocycles. The number of benzene rings is 2. The summed E-state index contributed by atoms with van der Waals surface area (Å²) in [7, 11) is 4.36. The lowest BCUT2D eigenvalue weighted by molar-refractivity contribution is -0.385. The number of ether oxygens (including phenoxy) is 3. The number of nitrogens with zero attached hydrogens (tertiary/aromatic N) is 1. The van der Waals surface area contributed by atoms with E-state index in [1.807, 2.05) is 0 Å². The first-order valence-electron chi connectivity index (χ1n) is 7.38. The molecule has 0 spiro atoms. The number of anilines is 1. The number of nitro benzene ring substituents is 1. The maximum Gasteiger partial charge on any atom is 0.272 e. The van der Waals surface area contributed by atoms with E-state index in [1.54, 1.807) is 6.92 Å². The summed E-state index contributed by atoms with van der Waals surface area (Å²) < 4.78 is 16.2. The number of hydrogen-bond donors (Lipinski definition) is 1. The fraction of sp³-hybridized carbons (Fsp3) is 0.235. The molecule has 0 radical (unpaired) electrons. The number of nitrogens with one attached hydrogen (secondary N) is 1. The highest BCUT2D eigenvalue weighted by Gasteiger charge is 2.23. The summed E-state index contributed by atoms with van der Waals surface area (Å²) in [6, 6.07) is 5.85. The zero-order valence-corrected chi connectivity index (χ0v) is 16.2. The Labute approximate surface area is 158 Å². The van der Waals surface area contributed by atoms with Gasteiger partial charge in [-0.1, -0.05) is 0 Å². The number of amides is 1. The third kappa shape index (κ3) is 3.72. The fourth-order valence-corrected chi connectivity index (χ4v) is 3.06. The van der Waals surface area contributed by atoms with Crippen LogP contribution in [0.5, 0.6) is 17.2 Å². The summed E-state index contributed by atoms with van der Waals surface area (Å²) >= 11 is 3.34. The Morgan fingerprint density at radius 3 is 2.27 bits per heavy atom. The Morgan fingerprint density at radius 1 is 1.12 bits per heavy atom. The molecular formula is C17H17BrN2O6. The van der Waals surface area contributed by atoms with Crippen LogP contribution in [0.3, 0.4) is 0 Å². The van der Waals surface area contributed by atoms with Gasteiger partial charge in [0.2, 0.25) is 5.75 Å². The van der Waals surface area contributed by atoms with E-state index >= 15 is 0 Å². The molecule has 0 heterocycles. The standard InChI is InChI=1S/C17H17BrN2O6/c1-9-7-10(5-6-12(9)20(22)23)19-17(21)11-8-13(24-2)15(25-3)16(26-4)14(11)18/h5-8H,1-4H3,(H,19,21). The second-order valence-corrected chi connectivity index (χ2v) is 6.01. The molecule has 0 atom stereocenters. The first kappa shape index (κ1) is 19.5. The number of carbonyl (C=O) groups is 1. The average Bonchev–Trinajstić information content (AvgIpc) is 2.60. The van der Waals surface area contributed by atoms with Gasteiger partial charge in [0.15, 0.2) is 11.5 Å². The predicted molar refractivity (Wildman–Crippen MR) is 99.6 cm³/mol. The van der Waals surface area contributed by atoms with Crippen LogP contribution in [0.1, 0.15) is 15.9 Å². The summed E-state index contributed by atoms with van der Waals surface area (Å²) in [6.07, 6.45) is 0. The minimum Gasteiger partial charge on any atom is -0.493 e. The van der Waals surface area contributed by atoms with Crippen molar-refractivity contribution in [1.82, 2.24) is 0 Å². The molecule has 1 amide bonds. The van der Waals surface area contributed by atoms with E-state index in [0.717, 1.165) is 0 Å². The van der Waals surface area contributed by atoms with Crippen molar-refractivity contribution in [2.75, 3.05) is 26.6 Å². The Hall–Kier alpha value is -2.81. The molecule has 1 N–H and O–H groups in total. The van der Waals surface area contributed by atoms with Crippen molar-refractivity contribution < 1.29 is 23.9 Å². The van der Waals surface area contributed by atoms with E-state index in [0.29, 0.717) is 33.0 Å². The molecule has 26 heavy (non-hydrogen) atoms. The van der Waals surface area contributed by atoms with Crippen molar-refractivity contribution >= 4 is 33.2 Å². The first-order chi connectivity index (χ1) is 12.3. The molecule has 0 aliphatic rings. The van der Waals surface area contributed by atoms with Crippen LogP contribution in [0.15, 0.2) is 28.7 Å². The molecule has 0 bridgehead atoms. The van der Waals surface area contributed by atoms with Gasteiger partial charge in [-0.25, -0.2) is 0 Å². The molecular weight excluding hydrogens is 408 g/mol. The van der Waals surface area contributed by atoms with Gasteiger partial charge in [0.1, 0.15) is 0 Å². The van der Waals surface area contributed by atoms with Crippen molar-refractivity contribution in [3.63, 3.8) is 0 Å². The zero-order chi connectivity index (χ0) is 19.4. The molecule has 0 aromatic heterocycles. The van der Waals surface area contributed by atoms with E-state index in [4.69, 9.17) is 14.2 Å². The maximum atomic E-state index is 12.7. The van der Waals surface area contributed by atoms with Crippen molar-refractivity contribution in [3.05, 3.63) is 50.0 Å². The molecule has 9 heteroatoms. The van der Waals surface area contributed by atoms with Gasteiger partial charge in [0, 0.05) is 17.3 Å². The maximum absolute atomic E-state index is 12.7. The van der Waals surface area contributed by atoms with Crippen LogP contribution in [0.4, 0.5) is 11.4 Å². The molecule has 138 valence electrons. The molecule has 0 fully saturated rings. The van der Waals surface area contributed by atoms with Crippen molar-refractivity contribution in [2.45, 2.75) is 6.92 Å². The molecule has 2 rings (SSSR count). The molecule has 2 aromatic rings. The quantitative estimate of drug-likeness (QED) is 0.556. The Bertz CT molecular complexity index is 869. The van der Waals surface area contributed by atoms with Crippen LogP contribution < -0.4 is 19.5 Å². The predicted octanol–water partition coefficient (Wildman–Crippen LogP) is 3.94. The number of halogens is 1. The van der Waals surface area contributed by atoms with Crippen LogP contribution in [-0.4, -0.2) is 32.2 Å². The van der Waals surface area contributed by atoms with E-state index in [-0.39, 0.29) is 11.3 Å². The highest BCUT2D eigenvalue weighted by atomic mass is 79.9. The zero-order valence-electron chi connectivity index (χ0n) is 14.6. The summed E-state index contributed by atoms with van der Waals surface area (Å²) in [5.74, 6) is 0.559. The third-order valence-corrected chi connectivity index (χ3v) is 4.45. The second-order valence-electron chi connectivity index (χ2n) is 5.22. The highest BCUT2D eigenvalue weighted by molar-refractivity contribution is 9.10. The van der Waals surface area contributed by atoms with Crippen LogP contribution >= 0.6 is 15.9 Å². The lowest BCUT2D eigenvalue weighted by Crippen LogP contribution is -2.14. The number of carbonyl (C=O) groups excluding carboxylic acids is 1. The third-order valence-electron chi connectivity index (χ3n) is 3.67. The van der Waals surface area contributed by atoms with Gasteiger partial charge >= 0.3 is 0 Å². The van der Waals surface area contributed by atoms with Crippen molar-refractivity contribution in [3.8, 4) is 17.2 Å². The monoisotopic (exact) mass is 424 g/mol. The summed E-state index contributed by atoms with van der Waals surface area (Å²) in [6.45, 7) is 1.60. The summed E-state index contributed by atoms with van der Waals surface area (Å²) in [5, 5.41) is 13.6. The Morgan fingerprint density at radius 2 is 1.77 bits per heavy atom. The minimum atomic E-state index is -0.475. The molecule has 0 aliphatic heterocycles. The molecule has 2 aromatic carbocycles. The topological polar surface area (TPSA) is 99.9 Å². The van der Waals surface area contributed by atoms with Crippen molar-refractivity contribution in [1.29, 1.82) is 0 Å². The van der Waals surface area contributed by atoms with Gasteiger partial charge in [-0.3, -0.25) is 14.9 Å². The van der Waals surface area contributed by atoms with E-state index in [9.17, 15) is 14.9 Å². The SMILES string of the molecule is COc1cc(C(=O)Nc2ccc([N+](=O)[O-])c(C)c2)c(Br)c(OC)c1OC. The van der Waals surface area contributed by atoms with E-state index in [2.05, 4.69) is 21.2 Å². The lowest BCUT2D eigenvalue weighted by atomic mass is 10.1. The highest BCUT2D eigenvalue weighted by Crippen LogP contribution is 2.44. The van der Waals surface area contributed by atoms with Crippen LogP contribution in [0, 0.1) is 17.0 Å². The normalized spacial score (nSPS) is 10.2. The number of aryl methyl sites for hydroxylation is 1. The van der Waals surface area contributed by atoms with Gasteiger partial charge in [-0.15, -0.1) is 0 Å². The van der Waals surface area contributed by atoms with Crippen LogP contribution in [0.2, 0.25) is 0 Å². The summed E-state index contributed by atoms with van der Waals surface area (Å²) in [5.41, 5.74) is 1.11. The van der Waals surface area contributed by atoms with E-state index in [1.165, 1.54) is 45.6 Å². The smallest absolute Gasteiger partial charge is 0.272 e. The molecule has 0 unspecified atom stereocenters. The van der Waals surface area contributed by atoms with Gasteiger partial charge < -0.3 is 19.5 Å². The molecule has 8 nitrogen and oxygen atoms in total. The minimum absolute atomic E-state index is 0.0167. The van der Waals surface area contributed by atoms with Gasteiger partial charge in [-0.2, -0.15) is 0 Å². The lowest BCUT2D eigenvalue weighted by Gasteiger charge is -2.16. The number of hydrogen-bond acceptors (Lipinski definition) is 6. The number of rotatable bonds is 6. The summed E-state index contributed by atoms with van der Waals surface area (Å²) in [4.78, 5) is 23.1. The van der Waals surface area contributed by atoms with Gasteiger partial charge in [0.25, 0.3) is 11.6 Å². The van der Waals surface area contributed by atoms with Crippen molar-refractivity contribution in [2.24, 2.45) is 0 Å². The van der Waals surface area contributed by atoms with Crippen LogP contribution in [0.25, 0.3) is 0 Å². The largest absolute Gasteiger partial charge is 0.493 e. The fourth-order valence-electron chi connectivity index (χ4n) is 2.42. The number of nitro groups is 1. The number of methoxy groups -OCH3 is 3. The molecule has 0 aliphatic carbocycles. The van der Waals surface area contributed by atoms with E-state index < -0.39 is 10.8 Å². The van der Waals surface area contributed by atoms with Gasteiger partial charge in [0.05, 0.1) is 36.3 Å².